The van der Waals surface area contributed by atoms with E-state index in [1.54, 1.807) is 12.7 Å². The average molecular weight is 393 g/mol. The number of aryl methyl sites for hydroxylation is 3. The Balaban J connectivity index is 1.72. The molecule has 0 saturated carbocycles. The van der Waals surface area contributed by atoms with Gasteiger partial charge in [0.2, 0.25) is 0 Å². The first-order valence-electron chi connectivity index (χ1n) is 10.6. The van der Waals surface area contributed by atoms with Crippen LogP contribution in [0.4, 0.5) is 0 Å². The van der Waals surface area contributed by atoms with Crippen molar-refractivity contribution >= 4 is 32.7 Å². The predicted octanol–water partition coefficient (Wildman–Crippen LogP) is 4.78. The highest BCUT2D eigenvalue weighted by atomic mass is 15.1. The number of hydrogen-bond donors (Lipinski definition) is 2. The van der Waals surface area contributed by atoms with E-state index in [0.29, 0.717) is 12.1 Å². The van der Waals surface area contributed by atoms with Crippen LogP contribution in [0.25, 0.3) is 32.7 Å². The highest BCUT2D eigenvalue weighted by Crippen LogP contribution is 2.38. The quantitative estimate of drug-likeness (QED) is 0.424. The number of nitrogens with one attached hydrogen (secondary N) is 2. The van der Waals surface area contributed by atoms with Gasteiger partial charge in [0.1, 0.15) is 5.52 Å². The van der Waals surface area contributed by atoms with Gasteiger partial charge in [-0.2, -0.15) is 0 Å². The second kappa shape index (κ2) is 6.52. The fourth-order valence-corrected chi connectivity index (χ4v) is 5.21. The lowest BCUT2D eigenvalue weighted by Gasteiger charge is -2.23. The lowest BCUT2D eigenvalue weighted by Crippen LogP contribution is -2.14. The number of aromatic amines is 1. The van der Waals surface area contributed by atoms with Crippen LogP contribution in [0.5, 0.6) is 0 Å². The molecule has 6 rings (SSSR count). The number of nitrogens with zero attached hydrogens (tertiary/aromatic N) is 3. The molecule has 0 radical (unpaired) electrons. The minimum absolute atomic E-state index is 0.231. The predicted molar refractivity (Wildman–Crippen MR) is 120 cm³/mol. The maximum absolute atomic E-state index is 8.08. The molecular formula is C25H23N5. The summed E-state index contributed by atoms with van der Waals surface area (Å²) in [7, 11) is 0. The van der Waals surface area contributed by atoms with Gasteiger partial charge in [-0.3, -0.25) is 5.41 Å². The number of rotatable bonds is 2. The summed E-state index contributed by atoms with van der Waals surface area (Å²) in [6.07, 6.45) is 8.24. The summed E-state index contributed by atoms with van der Waals surface area (Å²) in [5, 5.41) is 13.4. The van der Waals surface area contributed by atoms with Gasteiger partial charge in [-0.1, -0.05) is 36.4 Å². The van der Waals surface area contributed by atoms with E-state index in [2.05, 4.69) is 62.8 Å². The van der Waals surface area contributed by atoms with Crippen molar-refractivity contribution in [3.8, 4) is 0 Å². The Kier molecular flexibility index (Phi) is 3.78. The maximum atomic E-state index is 8.08. The van der Waals surface area contributed by atoms with Crippen LogP contribution in [-0.4, -0.2) is 19.5 Å². The van der Waals surface area contributed by atoms with E-state index < -0.39 is 0 Å². The van der Waals surface area contributed by atoms with Crippen molar-refractivity contribution < 1.29 is 0 Å². The molecule has 1 aliphatic rings. The van der Waals surface area contributed by atoms with E-state index in [-0.39, 0.29) is 5.49 Å². The summed E-state index contributed by atoms with van der Waals surface area (Å²) < 4.78 is 2.07. The Hall–Kier alpha value is -3.47. The Labute approximate surface area is 173 Å². The zero-order valence-corrected chi connectivity index (χ0v) is 17.0. The average Bonchev–Trinajstić information content (AvgIpc) is 3.29. The number of hydrogen-bond acceptors (Lipinski definition) is 3. The van der Waals surface area contributed by atoms with Crippen LogP contribution >= 0.6 is 0 Å². The van der Waals surface area contributed by atoms with Gasteiger partial charge >= 0.3 is 0 Å². The molecule has 5 aromatic rings. The van der Waals surface area contributed by atoms with Gasteiger partial charge in [0.05, 0.1) is 19.2 Å². The molecule has 5 nitrogen and oxygen atoms in total. The van der Waals surface area contributed by atoms with Crippen molar-refractivity contribution in [3.63, 3.8) is 0 Å². The maximum Gasteiger partial charge on any atom is 0.173 e. The molecule has 2 aromatic heterocycles. The molecule has 0 spiro atoms. The van der Waals surface area contributed by atoms with Gasteiger partial charge in [0.15, 0.2) is 11.1 Å². The van der Waals surface area contributed by atoms with Gasteiger partial charge in [-0.05, 0) is 76.4 Å². The third kappa shape index (κ3) is 2.45. The molecule has 5 heteroatoms. The molecule has 2 N–H and O–H groups in total. The van der Waals surface area contributed by atoms with Crippen molar-refractivity contribution in [2.45, 2.75) is 39.2 Å². The fraction of sp³-hybridized carbons (Fsp3) is 0.240. The zero-order chi connectivity index (χ0) is 20.2. The minimum atomic E-state index is 0.231. The second-order valence-electron chi connectivity index (χ2n) is 8.30. The van der Waals surface area contributed by atoms with Gasteiger partial charge in [-0.25, -0.2) is 9.97 Å². The normalized spacial score (nSPS) is 13.9. The smallest absolute Gasteiger partial charge is 0.173 e. The SMILES string of the molecule is Cc1c2ccccc2c(Cn2cnc(=N)c3[nH]cnc32)c2c3c(ccc12)CCCC3. The second-order valence-corrected chi connectivity index (χ2v) is 8.30. The Bertz CT molecular complexity index is 1510. The van der Waals surface area contributed by atoms with Crippen LogP contribution in [0.1, 0.15) is 35.1 Å². The molecule has 0 amide bonds. The Morgan fingerprint density at radius 1 is 1.00 bits per heavy atom. The van der Waals surface area contributed by atoms with Crippen LogP contribution in [-0.2, 0) is 19.4 Å². The van der Waals surface area contributed by atoms with Crippen LogP contribution in [0.2, 0.25) is 0 Å². The van der Waals surface area contributed by atoms with Crippen LogP contribution in [0.15, 0.2) is 49.1 Å². The summed E-state index contributed by atoms with van der Waals surface area (Å²) in [4.78, 5) is 11.9. The van der Waals surface area contributed by atoms with E-state index in [4.69, 9.17) is 5.41 Å². The molecule has 2 heterocycles. The van der Waals surface area contributed by atoms with Gasteiger partial charge < -0.3 is 9.55 Å². The monoisotopic (exact) mass is 393 g/mol. The number of H-pyrrole nitrogens is 1. The van der Waals surface area contributed by atoms with Gasteiger partial charge in [0, 0.05) is 0 Å². The molecule has 0 saturated heterocycles. The molecule has 0 fully saturated rings. The Morgan fingerprint density at radius 3 is 2.73 bits per heavy atom. The molecule has 3 aromatic carbocycles. The molecular weight excluding hydrogens is 370 g/mol. The molecule has 0 bridgehead atoms. The van der Waals surface area contributed by atoms with Gasteiger partial charge in [0.25, 0.3) is 0 Å². The van der Waals surface area contributed by atoms with Crippen LogP contribution in [0, 0.1) is 12.3 Å². The molecule has 148 valence electrons. The highest BCUT2D eigenvalue weighted by molar-refractivity contribution is 6.07. The first-order valence-corrected chi connectivity index (χ1v) is 10.6. The van der Waals surface area contributed by atoms with E-state index in [9.17, 15) is 0 Å². The van der Waals surface area contributed by atoms with Gasteiger partial charge in [-0.15, -0.1) is 0 Å². The van der Waals surface area contributed by atoms with Crippen molar-refractivity contribution in [3.05, 3.63) is 76.8 Å². The third-order valence-electron chi connectivity index (χ3n) is 6.68. The molecule has 1 aliphatic carbocycles. The molecule has 0 unspecified atom stereocenters. The lowest BCUT2D eigenvalue weighted by atomic mass is 9.83. The van der Waals surface area contributed by atoms with Crippen LogP contribution < -0.4 is 5.49 Å². The topological polar surface area (TPSA) is 70.3 Å². The number of aromatic nitrogens is 4. The molecule has 30 heavy (non-hydrogen) atoms. The zero-order valence-electron chi connectivity index (χ0n) is 17.0. The molecule has 0 aliphatic heterocycles. The van der Waals surface area contributed by atoms with E-state index >= 15 is 0 Å². The summed E-state index contributed by atoms with van der Waals surface area (Å²) in [6, 6.07) is 13.4. The molecule has 0 atom stereocenters. The van der Waals surface area contributed by atoms with E-state index in [1.807, 2.05) is 0 Å². The largest absolute Gasteiger partial charge is 0.340 e. The van der Waals surface area contributed by atoms with Crippen molar-refractivity contribution in [1.82, 2.24) is 19.5 Å². The van der Waals surface area contributed by atoms with Crippen molar-refractivity contribution in [1.29, 1.82) is 5.41 Å². The Morgan fingerprint density at radius 2 is 1.83 bits per heavy atom. The van der Waals surface area contributed by atoms with Crippen molar-refractivity contribution in [2.75, 3.05) is 0 Å². The highest BCUT2D eigenvalue weighted by Gasteiger charge is 2.19. The standard InChI is InChI=1S/C25H23N5/c1-15-17-7-4-5-9-20(17)21(12-30-14-29-24(26)23-25(30)28-13-27-23)22-18(15)11-10-16-6-2-3-8-19(16)22/h4-5,7,9-11,13-14,26H,2-3,6,8,12H2,1H3,(H,27,28). The summed E-state index contributed by atoms with van der Waals surface area (Å²) in [5.41, 5.74) is 7.39. The first-order chi connectivity index (χ1) is 14.7. The number of benzene rings is 3. The first kappa shape index (κ1) is 17.4. The lowest BCUT2D eigenvalue weighted by molar-refractivity contribution is 0.689. The van der Waals surface area contributed by atoms with E-state index in [1.165, 1.54) is 63.1 Å². The summed E-state index contributed by atoms with van der Waals surface area (Å²) in [6.45, 7) is 2.93. The minimum Gasteiger partial charge on any atom is -0.340 e. The summed E-state index contributed by atoms with van der Waals surface area (Å²) >= 11 is 0. The third-order valence-corrected chi connectivity index (χ3v) is 6.68. The van der Waals surface area contributed by atoms with Crippen LogP contribution in [0.3, 0.4) is 0 Å². The number of imidazole rings is 1. The summed E-state index contributed by atoms with van der Waals surface area (Å²) in [5.74, 6) is 0. The number of fused-ring (bicyclic) bond motifs is 5. The van der Waals surface area contributed by atoms with Crippen molar-refractivity contribution in [2.24, 2.45) is 0 Å². The van der Waals surface area contributed by atoms with E-state index in [0.717, 1.165) is 12.1 Å². The fourth-order valence-electron chi connectivity index (χ4n) is 5.21.